The van der Waals surface area contributed by atoms with Gasteiger partial charge in [-0.05, 0) is 11.4 Å². The van der Waals surface area contributed by atoms with Crippen molar-refractivity contribution < 1.29 is 0 Å². The van der Waals surface area contributed by atoms with Crippen LogP contribution in [0.15, 0.2) is 29.9 Å². The Labute approximate surface area is 107 Å². The Kier molecular flexibility index (Phi) is 2.52. The summed E-state index contributed by atoms with van der Waals surface area (Å²) in [5.74, 6) is 1.64. The number of nitrogens with zero attached hydrogens (tertiary/aromatic N) is 5. The maximum Gasteiger partial charge on any atom is 0.191 e. The first-order valence-corrected chi connectivity index (χ1v) is 6.15. The van der Waals surface area contributed by atoms with Crippen molar-refractivity contribution in [2.45, 2.75) is 0 Å². The van der Waals surface area contributed by atoms with E-state index in [1.165, 1.54) is 0 Å². The van der Waals surface area contributed by atoms with Crippen LogP contribution >= 0.6 is 11.3 Å². The average Bonchev–Trinajstić information content (AvgIpc) is 2.99. The molecule has 0 aromatic carbocycles. The number of aryl methyl sites for hydroxylation is 1. The Morgan fingerprint density at radius 2 is 2.11 bits per heavy atom. The van der Waals surface area contributed by atoms with E-state index >= 15 is 0 Å². The molecular formula is C11H10N6S. The molecule has 2 N–H and O–H groups in total. The summed E-state index contributed by atoms with van der Waals surface area (Å²) in [6.07, 6.45) is 3.14. The number of rotatable bonds is 2. The van der Waals surface area contributed by atoms with Crippen LogP contribution in [0.5, 0.6) is 0 Å². The second kappa shape index (κ2) is 4.19. The summed E-state index contributed by atoms with van der Waals surface area (Å²) in [6.45, 7) is 0. The zero-order valence-electron chi connectivity index (χ0n) is 9.61. The van der Waals surface area contributed by atoms with Crippen LogP contribution in [0.2, 0.25) is 0 Å². The lowest BCUT2D eigenvalue weighted by Crippen LogP contribution is -2.01. The fraction of sp³-hybridized carbons (Fsp3) is 0.0909. The molecular weight excluding hydrogens is 248 g/mol. The van der Waals surface area contributed by atoms with Crippen LogP contribution in [0, 0.1) is 0 Å². The van der Waals surface area contributed by atoms with Gasteiger partial charge in [0.2, 0.25) is 0 Å². The number of hydrogen-bond acceptors (Lipinski definition) is 6. The molecule has 0 saturated heterocycles. The van der Waals surface area contributed by atoms with Gasteiger partial charge in [0.1, 0.15) is 5.69 Å². The van der Waals surface area contributed by atoms with Crippen LogP contribution in [-0.2, 0) is 7.05 Å². The molecule has 0 radical (unpaired) electrons. The van der Waals surface area contributed by atoms with E-state index in [9.17, 15) is 0 Å². The first kappa shape index (κ1) is 10.8. The number of anilines is 1. The largest absolute Gasteiger partial charge is 0.382 e. The Morgan fingerprint density at radius 1 is 1.28 bits per heavy atom. The summed E-state index contributed by atoms with van der Waals surface area (Å²) in [5, 5.41) is 6.35. The van der Waals surface area contributed by atoms with Gasteiger partial charge in [-0.15, -0.1) is 16.4 Å². The predicted molar refractivity (Wildman–Crippen MR) is 69.8 cm³/mol. The first-order chi connectivity index (χ1) is 8.75. The van der Waals surface area contributed by atoms with Crippen molar-refractivity contribution in [2.75, 3.05) is 5.73 Å². The minimum atomic E-state index is 0.353. The monoisotopic (exact) mass is 258 g/mol. The quantitative estimate of drug-likeness (QED) is 0.754. The SMILES string of the molecule is Cn1nc(-c2cccs2)nc1-c1nccnc1N. The third-order valence-electron chi connectivity index (χ3n) is 2.44. The minimum absolute atomic E-state index is 0.353. The standard InChI is InChI=1S/C11H10N6S/c1-17-11(8-9(12)14-5-4-13-8)15-10(16-17)7-3-2-6-18-7/h2-6H,1H3,(H2,12,14). The summed E-state index contributed by atoms with van der Waals surface area (Å²) in [6, 6.07) is 3.94. The van der Waals surface area contributed by atoms with E-state index in [1.807, 2.05) is 24.6 Å². The molecule has 0 saturated carbocycles. The third kappa shape index (κ3) is 1.74. The highest BCUT2D eigenvalue weighted by Crippen LogP contribution is 2.25. The molecule has 0 spiro atoms. The second-order valence-corrected chi connectivity index (χ2v) is 4.60. The summed E-state index contributed by atoms with van der Waals surface area (Å²) < 4.78 is 1.66. The van der Waals surface area contributed by atoms with Crippen LogP contribution in [0.4, 0.5) is 5.82 Å². The molecule has 6 nitrogen and oxygen atoms in total. The van der Waals surface area contributed by atoms with Gasteiger partial charge in [-0.25, -0.2) is 19.6 Å². The van der Waals surface area contributed by atoms with Gasteiger partial charge in [-0.1, -0.05) is 6.07 Å². The van der Waals surface area contributed by atoms with Gasteiger partial charge in [0.15, 0.2) is 17.5 Å². The van der Waals surface area contributed by atoms with E-state index in [2.05, 4.69) is 20.1 Å². The number of hydrogen-bond donors (Lipinski definition) is 1. The summed E-state index contributed by atoms with van der Waals surface area (Å²) >= 11 is 1.59. The van der Waals surface area contributed by atoms with Crippen molar-refractivity contribution in [1.29, 1.82) is 0 Å². The van der Waals surface area contributed by atoms with Gasteiger partial charge in [0.05, 0.1) is 4.88 Å². The molecule has 3 aromatic heterocycles. The number of aromatic nitrogens is 5. The van der Waals surface area contributed by atoms with E-state index < -0.39 is 0 Å². The summed E-state index contributed by atoms with van der Waals surface area (Å²) in [4.78, 5) is 13.7. The first-order valence-electron chi connectivity index (χ1n) is 5.27. The van der Waals surface area contributed by atoms with Gasteiger partial charge in [-0.2, -0.15) is 0 Å². The van der Waals surface area contributed by atoms with Crippen molar-refractivity contribution in [3.8, 4) is 22.2 Å². The highest BCUT2D eigenvalue weighted by atomic mass is 32.1. The fourth-order valence-electron chi connectivity index (χ4n) is 1.62. The minimum Gasteiger partial charge on any atom is -0.382 e. The highest BCUT2D eigenvalue weighted by Gasteiger charge is 2.15. The Bertz CT molecular complexity index is 673. The van der Waals surface area contributed by atoms with Crippen LogP contribution in [0.1, 0.15) is 0 Å². The van der Waals surface area contributed by atoms with Crippen molar-refractivity contribution in [1.82, 2.24) is 24.7 Å². The molecule has 0 fully saturated rings. The van der Waals surface area contributed by atoms with E-state index in [-0.39, 0.29) is 0 Å². The molecule has 0 aliphatic carbocycles. The summed E-state index contributed by atoms with van der Waals surface area (Å²) in [7, 11) is 1.81. The molecule has 90 valence electrons. The van der Waals surface area contributed by atoms with E-state index in [4.69, 9.17) is 5.73 Å². The molecule has 0 unspecified atom stereocenters. The topological polar surface area (TPSA) is 82.5 Å². The zero-order chi connectivity index (χ0) is 12.5. The normalized spacial score (nSPS) is 10.7. The van der Waals surface area contributed by atoms with E-state index in [0.29, 0.717) is 23.2 Å². The molecule has 3 heterocycles. The zero-order valence-corrected chi connectivity index (χ0v) is 10.4. The molecule has 0 aliphatic rings. The smallest absolute Gasteiger partial charge is 0.191 e. The lowest BCUT2D eigenvalue weighted by Gasteiger charge is -2.00. The molecule has 0 atom stereocenters. The molecule has 3 rings (SSSR count). The van der Waals surface area contributed by atoms with E-state index in [0.717, 1.165) is 4.88 Å². The summed E-state index contributed by atoms with van der Waals surface area (Å²) in [5.41, 5.74) is 6.35. The molecule has 0 bridgehead atoms. The molecule has 0 amide bonds. The second-order valence-electron chi connectivity index (χ2n) is 3.65. The highest BCUT2D eigenvalue weighted by molar-refractivity contribution is 7.13. The molecule has 3 aromatic rings. The number of nitrogen functional groups attached to an aromatic ring is 1. The van der Waals surface area contributed by atoms with Gasteiger partial charge in [0, 0.05) is 19.4 Å². The molecule has 0 aliphatic heterocycles. The Hall–Kier alpha value is -2.28. The maximum absolute atomic E-state index is 5.80. The Balaban J connectivity index is 2.12. The third-order valence-corrected chi connectivity index (χ3v) is 3.31. The van der Waals surface area contributed by atoms with Crippen molar-refractivity contribution in [3.05, 3.63) is 29.9 Å². The van der Waals surface area contributed by atoms with E-state index in [1.54, 1.807) is 28.4 Å². The van der Waals surface area contributed by atoms with Crippen LogP contribution in [0.3, 0.4) is 0 Å². The van der Waals surface area contributed by atoms with Crippen molar-refractivity contribution in [2.24, 2.45) is 7.05 Å². The molecule has 18 heavy (non-hydrogen) atoms. The van der Waals surface area contributed by atoms with Gasteiger partial charge >= 0.3 is 0 Å². The lowest BCUT2D eigenvalue weighted by atomic mass is 10.4. The average molecular weight is 258 g/mol. The lowest BCUT2D eigenvalue weighted by molar-refractivity contribution is 0.774. The fourth-order valence-corrected chi connectivity index (χ4v) is 2.27. The van der Waals surface area contributed by atoms with Gasteiger partial charge in [-0.3, -0.25) is 0 Å². The number of thiophene rings is 1. The Morgan fingerprint density at radius 3 is 2.83 bits per heavy atom. The van der Waals surface area contributed by atoms with Crippen LogP contribution in [0.25, 0.3) is 22.2 Å². The predicted octanol–water partition coefficient (Wildman–Crippen LogP) is 1.58. The van der Waals surface area contributed by atoms with Gasteiger partial charge < -0.3 is 5.73 Å². The molecule has 7 heteroatoms. The van der Waals surface area contributed by atoms with Crippen molar-refractivity contribution >= 4 is 17.2 Å². The van der Waals surface area contributed by atoms with Crippen LogP contribution < -0.4 is 5.73 Å². The maximum atomic E-state index is 5.80. The van der Waals surface area contributed by atoms with Gasteiger partial charge in [0.25, 0.3) is 0 Å². The number of nitrogens with two attached hydrogens (primary N) is 1. The van der Waals surface area contributed by atoms with Crippen molar-refractivity contribution in [3.63, 3.8) is 0 Å². The van der Waals surface area contributed by atoms with Crippen LogP contribution in [-0.4, -0.2) is 24.7 Å².